The molecule has 1 aromatic carbocycles. The lowest BCUT2D eigenvalue weighted by atomic mass is 9.76. The Morgan fingerprint density at radius 3 is 2.45 bits per heavy atom. The number of benzene rings is 1. The van der Waals surface area contributed by atoms with Gasteiger partial charge in [0, 0.05) is 19.1 Å². The second-order valence-electron chi connectivity index (χ2n) is 6.14. The molecule has 2 N–H and O–H groups in total. The van der Waals surface area contributed by atoms with Gasteiger partial charge in [0.1, 0.15) is 6.61 Å². The molecule has 1 amide bonds. The molecular formula is C16H22N2O2. The molecular weight excluding hydrogens is 252 g/mol. The minimum atomic E-state index is -0.181. The van der Waals surface area contributed by atoms with E-state index in [-0.39, 0.29) is 6.09 Å². The topological polar surface area (TPSA) is 55.6 Å². The average molecular weight is 274 g/mol. The highest BCUT2D eigenvalue weighted by molar-refractivity contribution is 5.67. The number of ether oxygens (including phenoxy) is 1. The van der Waals surface area contributed by atoms with Crippen molar-refractivity contribution in [2.24, 2.45) is 17.6 Å². The van der Waals surface area contributed by atoms with E-state index in [1.165, 1.54) is 6.42 Å². The van der Waals surface area contributed by atoms with Gasteiger partial charge >= 0.3 is 6.09 Å². The van der Waals surface area contributed by atoms with E-state index in [0.29, 0.717) is 24.5 Å². The highest BCUT2D eigenvalue weighted by Crippen LogP contribution is 2.34. The van der Waals surface area contributed by atoms with Crippen LogP contribution in [0.15, 0.2) is 30.3 Å². The third-order valence-electron chi connectivity index (χ3n) is 4.36. The van der Waals surface area contributed by atoms with Gasteiger partial charge in [-0.15, -0.1) is 0 Å². The molecule has 0 spiro atoms. The van der Waals surface area contributed by atoms with Crippen LogP contribution < -0.4 is 5.73 Å². The smallest absolute Gasteiger partial charge is 0.410 e. The quantitative estimate of drug-likeness (QED) is 0.901. The molecule has 108 valence electrons. The molecule has 0 radical (unpaired) electrons. The number of piperidine rings is 1. The number of carbonyl (C=O) groups is 1. The van der Waals surface area contributed by atoms with Crippen molar-refractivity contribution in [3.05, 3.63) is 35.9 Å². The summed E-state index contributed by atoms with van der Waals surface area (Å²) in [5.41, 5.74) is 7.07. The molecule has 4 heteroatoms. The normalized spacial score (nSPS) is 29.1. The van der Waals surface area contributed by atoms with Gasteiger partial charge in [-0.2, -0.15) is 0 Å². The summed E-state index contributed by atoms with van der Waals surface area (Å²) < 4.78 is 5.42. The van der Waals surface area contributed by atoms with Crippen molar-refractivity contribution in [3.63, 3.8) is 0 Å². The number of amides is 1. The molecule has 1 saturated carbocycles. The zero-order valence-corrected chi connectivity index (χ0v) is 11.7. The van der Waals surface area contributed by atoms with Crippen LogP contribution in [-0.4, -0.2) is 30.1 Å². The van der Waals surface area contributed by atoms with Crippen molar-refractivity contribution in [3.8, 4) is 0 Å². The van der Waals surface area contributed by atoms with Crippen LogP contribution in [-0.2, 0) is 11.3 Å². The Morgan fingerprint density at radius 2 is 1.80 bits per heavy atom. The van der Waals surface area contributed by atoms with Gasteiger partial charge in [0.2, 0.25) is 0 Å². The standard InChI is InChI=1S/C16H22N2O2/c17-15-7-13-6-14(8-15)10-18(9-13)16(19)20-11-12-4-2-1-3-5-12/h1-5,13-15H,6-11,17H2. The van der Waals surface area contributed by atoms with Crippen molar-refractivity contribution in [1.29, 1.82) is 0 Å². The summed E-state index contributed by atoms with van der Waals surface area (Å²) in [6, 6.07) is 10.1. The Morgan fingerprint density at radius 1 is 1.15 bits per heavy atom. The van der Waals surface area contributed by atoms with E-state index < -0.39 is 0 Å². The van der Waals surface area contributed by atoms with Gasteiger partial charge in [-0.1, -0.05) is 30.3 Å². The first-order chi connectivity index (χ1) is 9.70. The van der Waals surface area contributed by atoms with E-state index >= 15 is 0 Å². The fourth-order valence-corrected chi connectivity index (χ4v) is 3.57. The molecule has 2 bridgehead atoms. The summed E-state index contributed by atoms with van der Waals surface area (Å²) in [6.45, 7) is 1.96. The van der Waals surface area contributed by atoms with Crippen molar-refractivity contribution in [2.75, 3.05) is 13.1 Å². The second kappa shape index (κ2) is 5.83. The van der Waals surface area contributed by atoms with Gasteiger partial charge in [-0.25, -0.2) is 4.79 Å². The number of fused-ring (bicyclic) bond motifs is 2. The van der Waals surface area contributed by atoms with Gasteiger partial charge in [0.25, 0.3) is 0 Å². The fraction of sp³-hybridized carbons (Fsp3) is 0.562. The minimum absolute atomic E-state index is 0.181. The molecule has 4 nitrogen and oxygen atoms in total. The summed E-state index contributed by atoms with van der Waals surface area (Å²) in [5, 5.41) is 0. The van der Waals surface area contributed by atoms with Crippen LogP contribution >= 0.6 is 0 Å². The maximum Gasteiger partial charge on any atom is 0.410 e. The molecule has 1 heterocycles. The monoisotopic (exact) mass is 274 g/mol. The Labute approximate surface area is 119 Å². The van der Waals surface area contributed by atoms with Crippen LogP contribution in [0.4, 0.5) is 4.79 Å². The van der Waals surface area contributed by atoms with E-state index in [1.54, 1.807) is 0 Å². The number of rotatable bonds is 2. The highest BCUT2D eigenvalue weighted by Gasteiger charge is 2.36. The first kappa shape index (κ1) is 13.4. The molecule has 2 fully saturated rings. The highest BCUT2D eigenvalue weighted by atomic mass is 16.6. The van der Waals surface area contributed by atoms with Crippen LogP contribution in [0.3, 0.4) is 0 Å². The minimum Gasteiger partial charge on any atom is -0.445 e. The maximum absolute atomic E-state index is 12.2. The number of carbonyl (C=O) groups excluding carboxylic acids is 1. The van der Waals surface area contributed by atoms with Gasteiger partial charge < -0.3 is 15.4 Å². The SMILES string of the molecule is NC1CC2CC(C1)CN(C(=O)OCc1ccccc1)C2. The van der Waals surface area contributed by atoms with Crippen molar-refractivity contribution < 1.29 is 9.53 Å². The Bertz CT molecular complexity index is 445. The average Bonchev–Trinajstić information content (AvgIpc) is 2.44. The molecule has 1 aliphatic heterocycles. The summed E-state index contributed by atoms with van der Waals surface area (Å²) in [6.07, 6.45) is 3.12. The lowest BCUT2D eigenvalue weighted by Crippen LogP contribution is -2.49. The number of nitrogens with zero attached hydrogens (tertiary/aromatic N) is 1. The molecule has 2 atom stereocenters. The van der Waals surface area contributed by atoms with Crippen molar-refractivity contribution >= 4 is 6.09 Å². The molecule has 20 heavy (non-hydrogen) atoms. The largest absolute Gasteiger partial charge is 0.445 e. The summed E-state index contributed by atoms with van der Waals surface area (Å²) in [4.78, 5) is 14.0. The van der Waals surface area contributed by atoms with Crippen LogP contribution in [0.5, 0.6) is 0 Å². The first-order valence-corrected chi connectivity index (χ1v) is 7.42. The van der Waals surface area contributed by atoms with E-state index in [1.807, 2.05) is 35.2 Å². The van der Waals surface area contributed by atoms with Crippen molar-refractivity contribution in [1.82, 2.24) is 4.90 Å². The number of likely N-dealkylation sites (tertiary alicyclic amines) is 1. The fourth-order valence-electron chi connectivity index (χ4n) is 3.57. The Hall–Kier alpha value is -1.55. The molecule has 2 unspecified atom stereocenters. The lowest BCUT2D eigenvalue weighted by molar-refractivity contribution is 0.0460. The van der Waals surface area contributed by atoms with E-state index in [9.17, 15) is 4.79 Å². The van der Waals surface area contributed by atoms with Crippen LogP contribution in [0.1, 0.15) is 24.8 Å². The number of nitrogens with two attached hydrogens (primary N) is 1. The van der Waals surface area contributed by atoms with Gasteiger partial charge in [-0.3, -0.25) is 0 Å². The molecule has 3 rings (SSSR count). The zero-order valence-electron chi connectivity index (χ0n) is 11.7. The van der Waals surface area contributed by atoms with E-state index in [4.69, 9.17) is 10.5 Å². The number of hydrogen-bond donors (Lipinski definition) is 1. The summed E-state index contributed by atoms with van der Waals surface area (Å²) in [5.74, 6) is 1.11. The predicted molar refractivity (Wildman–Crippen MR) is 77.0 cm³/mol. The Kier molecular flexibility index (Phi) is 3.92. The molecule has 1 saturated heterocycles. The van der Waals surface area contributed by atoms with Crippen LogP contribution in [0.2, 0.25) is 0 Å². The molecule has 0 aromatic heterocycles. The lowest BCUT2D eigenvalue weighted by Gasteiger charge is -2.42. The van der Waals surface area contributed by atoms with Gasteiger partial charge in [0.05, 0.1) is 0 Å². The summed E-state index contributed by atoms with van der Waals surface area (Å²) >= 11 is 0. The van der Waals surface area contributed by atoms with E-state index in [2.05, 4.69) is 0 Å². The Balaban J connectivity index is 1.53. The molecule has 1 aliphatic carbocycles. The predicted octanol–water partition coefficient (Wildman–Crippen LogP) is 2.38. The molecule has 2 aliphatic rings. The van der Waals surface area contributed by atoms with Crippen LogP contribution in [0, 0.1) is 11.8 Å². The van der Waals surface area contributed by atoms with Gasteiger partial charge in [-0.05, 0) is 36.7 Å². The van der Waals surface area contributed by atoms with Crippen LogP contribution in [0.25, 0.3) is 0 Å². The zero-order chi connectivity index (χ0) is 13.9. The molecule has 1 aromatic rings. The maximum atomic E-state index is 12.2. The third-order valence-corrected chi connectivity index (χ3v) is 4.36. The van der Waals surface area contributed by atoms with E-state index in [0.717, 1.165) is 31.5 Å². The third kappa shape index (κ3) is 3.12. The van der Waals surface area contributed by atoms with Gasteiger partial charge in [0.15, 0.2) is 0 Å². The summed E-state index contributed by atoms with van der Waals surface area (Å²) in [7, 11) is 0. The number of hydrogen-bond acceptors (Lipinski definition) is 3. The second-order valence-corrected chi connectivity index (χ2v) is 6.14. The first-order valence-electron chi connectivity index (χ1n) is 7.42. The van der Waals surface area contributed by atoms with Crippen molar-refractivity contribution in [2.45, 2.75) is 31.9 Å².